The summed E-state index contributed by atoms with van der Waals surface area (Å²) in [7, 11) is 3.80. The van der Waals surface area contributed by atoms with Crippen molar-refractivity contribution in [1.29, 1.82) is 0 Å². The molecule has 3 rings (SSSR count). The normalized spacial score (nSPS) is 11.7. The Balaban J connectivity index is 2.03. The first kappa shape index (κ1) is 17.1. The molecule has 7 heteroatoms. The van der Waals surface area contributed by atoms with E-state index in [1.807, 2.05) is 43.3 Å². The average molecular weight is 357 g/mol. The summed E-state index contributed by atoms with van der Waals surface area (Å²) in [5.74, 6) is -0.597. The van der Waals surface area contributed by atoms with Crippen LogP contribution in [0.25, 0.3) is 10.9 Å². The van der Waals surface area contributed by atoms with E-state index in [2.05, 4.69) is 10.2 Å². The number of carbonyl (C=O) groups excluding carboxylic acids is 1. The Bertz CT molecular complexity index is 963. The van der Waals surface area contributed by atoms with Crippen molar-refractivity contribution in [1.82, 2.24) is 9.47 Å². The molecule has 0 aliphatic carbocycles. The van der Waals surface area contributed by atoms with Gasteiger partial charge in [0.25, 0.3) is 5.91 Å². The molecule has 2 aromatic carbocycles. The van der Waals surface area contributed by atoms with Crippen LogP contribution in [-0.2, 0) is 6.67 Å². The van der Waals surface area contributed by atoms with Crippen LogP contribution in [0.2, 0.25) is 5.02 Å². The highest BCUT2D eigenvalue weighted by atomic mass is 35.5. The molecular formula is C18H17ClN4O2. The van der Waals surface area contributed by atoms with Gasteiger partial charge in [-0.25, -0.2) is 0 Å². The van der Waals surface area contributed by atoms with Gasteiger partial charge >= 0.3 is 0 Å². The summed E-state index contributed by atoms with van der Waals surface area (Å²) >= 11 is 6.01. The number of nitrogens with zero attached hydrogens (tertiary/aromatic N) is 4. The molecule has 3 aromatic rings. The second kappa shape index (κ2) is 7.04. The number of benzene rings is 2. The number of para-hydroxylation sites is 1. The highest BCUT2D eigenvalue weighted by Gasteiger charge is 2.17. The summed E-state index contributed by atoms with van der Waals surface area (Å²) < 4.78 is 1.71. The highest BCUT2D eigenvalue weighted by molar-refractivity contribution is 6.33. The molecule has 1 N–H and O–H groups in total. The monoisotopic (exact) mass is 356 g/mol. The summed E-state index contributed by atoms with van der Waals surface area (Å²) in [5.41, 5.74) is 1.34. The van der Waals surface area contributed by atoms with E-state index < -0.39 is 5.91 Å². The maximum atomic E-state index is 12.2. The lowest BCUT2D eigenvalue weighted by molar-refractivity contribution is 0.0995. The molecule has 0 bridgehead atoms. The number of hydrogen-bond donors (Lipinski definition) is 1. The molecule has 1 heterocycles. The lowest BCUT2D eigenvalue weighted by atomic mass is 10.2. The van der Waals surface area contributed by atoms with Gasteiger partial charge in [0, 0.05) is 5.39 Å². The minimum absolute atomic E-state index is 0.0365. The molecule has 6 nitrogen and oxygen atoms in total. The molecule has 0 aliphatic rings. The number of aromatic hydroxyl groups is 1. The molecule has 0 atom stereocenters. The Morgan fingerprint density at radius 2 is 1.84 bits per heavy atom. The van der Waals surface area contributed by atoms with E-state index in [4.69, 9.17) is 11.6 Å². The molecule has 0 fully saturated rings. The molecule has 0 radical (unpaired) electrons. The molecule has 1 amide bonds. The van der Waals surface area contributed by atoms with E-state index in [0.717, 1.165) is 10.9 Å². The predicted octanol–water partition coefficient (Wildman–Crippen LogP) is 4.44. The summed E-state index contributed by atoms with van der Waals surface area (Å²) in [4.78, 5) is 14.1. The number of amides is 1. The number of fused-ring (bicyclic) bond motifs is 1. The van der Waals surface area contributed by atoms with Crippen LogP contribution in [0.4, 0.5) is 5.69 Å². The lowest BCUT2D eigenvalue weighted by Gasteiger charge is -2.12. The second-order valence-electron chi connectivity index (χ2n) is 5.82. The zero-order valence-corrected chi connectivity index (χ0v) is 14.6. The Morgan fingerprint density at radius 1 is 1.16 bits per heavy atom. The van der Waals surface area contributed by atoms with E-state index in [1.165, 1.54) is 0 Å². The number of hydrogen-bond acceptors (Lipinski definition) is 4. The van der Waals surface area contributed by atoms with Crippen molar-refractivity contribution in [2.75, 3.05) is 14.1 Å². The van der Waals surface area contributed by atoms with Gasteiger partial charge in [-0.2, -0.15) is 0 Å². The molecular weight excluding hydrogens is 340 g/mol. The molecule has 0 aliphatic heterocycles. The van der Waals surface area contributed by atoms with Gasteiger partial charge in [-0.15, -0.1) is 10.2 Å². The van der Waals surface area contributed by atoms with E-state index >= 15 is 0 Å². The topological polar surface area (TPSA) is 70.2 Å². The summed E-state index contributed by atoms with van der Waals surface area (Å²) in [6, 6.07) is 14.1. The van der Waals surface area contributed by atoms with Crippen molar-refractivity contribution in [3.8, 4) is 5.88 Å². The fraction of sp³-hybridized carbons (Fsp3) is 0.167. The Kier molecular flexibility index (Phi) is 4.83. The highest BCUT2D eigenvalue weighted by Crippen LogP contribution is 2.38. The van der Waals surface area contributed by atoms with E-state index in [-0.39, 0.29) is 17.1 Å². The van der Waals surface area contributed by atoms with Crippen LogP contribution in [-0.4, -0.2) is 34.6 Å². The maximum Gasteiger partial charge on any atom is 0.296 e. The first-order valence-corrected chi connectivity index (χ1v) is 8.02. The number of azo groups is 1. The largest absolute Gasteiger partial charge is 0.493 e. The summed E-state index contributed by atoms with van der Waals surface area (Å²) in [5, 5.41) is 19.3. The molecule has 0 saturated heterocycles. The maximum absolute atomic E-state index is 12.2. The van der Waals surface area contributed by atoms with Gasteiger partial charge in [0.15, 0.2) is 5.69 Å². The van der Waals surface area contributed by atoms with Crippen molar-refractivity contribution in [2.24, 2.45) is 10.2 Å². The minimum Gasteiger partial charge on any atom is -0.493 e. The fourth-order valence-corrected chi connectivity index (χ4v) is 2.80. The molecule has 25 heavy (non-hydrogen) atoms. The number of halogens is 1. The standard InChI is InChI=1S/C18H17ClN4O2/c1-22(2)11-23-15-10-6-4-8-13(15)16(18(23)25)20-21-17(24)12-7-3-5-9-14(12)19/h3-10,25H,11H2,1-2H3. The number of aromatic nitrogens is 1. The van der Waals surface area contributed by atoms with E-state index in [9.17, 15) is 9.90 Å². The van der Waals surface area contributed by atoms with Crippen LogP contribution in [0.1, 0.15) is 10.4 Å². The molecule has 0 spiro atoms. The fourth-order valence-electron chi connectivity index (χ4n) is 2.58. The summed E-state index contributed by atoms with van der Waals surface area (Å²) in [6.07, 6.45) is 0. The average Bonchev–Trinajstić information content (AvgIpc) is 2.85. The zero-order chi connectivity index (χ0) is 18.0. The van der Waals surface area contributed by atoms with Crippen LogP contribution in [0, 0.1) is 0 Å². The van der Waals surface area contributed by atoms with Crippen molar-refractivity contribution >= 4 is 34.1 Å². The van der Waals surface area contributed by atoms with Crippen LogP contribution >= 0.6 is 11.6 Å². The Labute approximate surface area is 150 Å². The van der Waals surface area contributed by atoms with Gasteiger partial charge in [-0.1, -0.05) is 41.9 Å². The van der Waals surface area contributed by atoms with Crippen LogP contribution in [0.5, 0.6) is 5.88 Å². The third-order valence-electron chi connectivity index (χ3n) is 3.69. The van der Waals surface area contributed by atoms with E-state index in [1.54, 1.807) is 28.8 Å². The number of rotatable bonds is 4. The first-order valence-electron chi connectivity index (χ1n) is 7.64. The van der Waals surface area contributed by atoms with Crippen molar-refractivity contribution in [2.45, 2.75) is 6.67 Å². The molecule has 1 aromatic heterocycles. The van der Waals surface area contributed by atoms with Gasteiger partial charge in [0.05, 0.1) is 22.8 Å². The second-order valence-corrected chi connectivity index (χ2v) is 6.23. The lowest BCUT2D eigenvalue weighted by Crippen LogP contribution is -2.16. The van der Waals surface area contributed by atoms with Crippen LogP contribution in [0.3, 0.4) is 0 Å². The van der Waals surface area contributed by atoms with Crippen molar-refractivity contribution in [3.63, 3.8) is 0 Å². The molecule has 128 valence electrons. The molecule has 0 unspecified atom stereocenters. The Morgan fingerprint density at radius 3 is 2.56 bits per heavy atom. The van der Waals surface area contributed by atoms with Gasteiger partial charge in [0.2, 0.25) is 5.88 Å². The predicted molar refractivity (Wildman–Crippen MR) is 97.6 cm³/mol. The minimum atomic E-state index is -0.561. The van der Waals surface area contributed by atoms with Gasteiger partial charge < -0.3 is 5.11 Å². The van der Waals surface area contributed by atoms with Crippen molar-refractivity contribution < 1.29 is 9.90 Å². The third-order valence-corrected chi connectivity index (χ3v) is 4.02. The SMILES string of the molecule is CN(C)Cn1c(O)c(N=NC(=O)c2ccccc2Cl)c2ccccc21. The van der Waals surface area contributed by atoms with Crippen molar-refractivity contribution in [3.05, 3.63) is 59.1 Å². The van der Waals surface area contributed by atoms with Crippen LogP contribution in [0.15, 0.2) is 58.8 Å². The van der Waals surface area contributed by atoms with E-state index in [0.29, 0.717) is 11.7 Å². The third kappa shape index (κ3) is 3.40. The molecule has 0 saturated carbocycles. The van der Waals surface area contributed by atoms with Gasteiger partial charge in [-0.05, 0) is 32.3 Å². The van der Waals surface area contributed by atoms with Crippen LogP contribution < -0.4 is 0 Å². The number of carbonyl (C=O) groups is 1. The first-order chi connectivity index (χ1) is 12.0. The zero-order valence-electron chi connectivity index (χ0n) is 13.8. The Hall–Kier alpha value is -2.70. The van der Waals surface area contributed by atoms with Gasteiger partial charge in [0.1, 0.15) is 0 Å². The smallest absolute Gasteiger partial charge is 0.296 e. The summed E-state index contributed by atoms with van der Waals surface area (Å²) in [6.45, 7) is 0.473. The quantitative estimate of drug-likeness (QED) is 0.702. The van der Waals surface area contributed by atoms with Gasteiger partial charge in [-0.3, -0.25) is 14.3 Å².